The number of likely N-dealkylation sites (tertiary alicyclic amines) is 1. The van der Waals surface area contributed by atoms with Crippen molar-refractivity contribution in [2.45, 2.75) is 64.9 Å². The van der Waals surface area contributed by atoms with E-state index in [2.05, 4.69) is 34.7 Å². The normalized spacial score (nSPS) is 24.7. The van der Waals surface area contributed by atoms with Crippen molar-refractivity contribution in [3.63, 3.8) is 0 Å². The number of ether oxygens (including phenoxy) is 3. The molecule has 1 aromatic heterocycles. The third-order valence-corrected chi connectivity index (χ3v) is 5.29. The Hall–Kier alpha value is -0.950. The lowest BCUT2D eigenvalue weighted by molar-refractivity contribution is 0.0119. The summed E-state index contributed by atoms with van der Waals surface area (Å²) in [5, 5.41) is 4.61. The quantitative estimate of drug-likeness (QED) is 0.471. The Balaban J connectivity index is 1.32. The Kier molecular flexibility index (Phi) is 7.09. The molecule has 0 amide bonds. The molecule has 3 heterocycles. The molecule has 2 aliphatic rings. The second-order valence-electron chi connectivity index (χ2n) is 8.12. The Morgan fingerprint density at radius 3 is 2.58 bits per heavy atom. The smallest absolute Gasteiger partial charge is 0.112 e. The minimum atomic E-state index is 0.265. The second kappa shape index (κ2) is 9.31. The Labute approximate surface area is 157 Å². The molecule has 0 aromatic carbocycles. The molecular formula is C20H35N3O3. The first-order valence-electron chi connectivity index (χ1n) is 10.2. The van der Waals surface area contributed by atoms with Crippen LogP contribution in [0, 0.1) is 5.92 Å². The SMILES string of the molecule is CC(C)OCCOCCN1CCC(n2cc(C3OC3C(C)C)cn2)CC1. The van der Waals surface area contributed by atoms with Gasteiger partial charge in [-0.25, -0.2) is 0 Å². The van der Waals surface area contributed by atoms with Gasteiger partial charge in [-0.2, -0.15) is 5.10 Å². The molecule has 2 saturated heterocycles. The zero-order chi connectivity index (χ0) is 18.5. The molecule has 0 N–H and O–H groups in total. The van der Waals surface area contributed by atoms with Crippen LogP contribution in [0.4, 0.5) is 0 Å². The average Bonchev–Trinajstić information content (AvgIpc) is 3.28. The minimum Gasteiger partial charge on any atom is -0.378 e. The summed E-state index contributed by atoms with van der Waals surface area (Å²) in [6, 6.07) is 0.511. The number of nitrogens with zero attached hydrogens (tertiary/aromatic N) is 3. The first-order valence-corrected chi connectivity index (χ1v) is 10.2. The van der Waals surface area contributed by atoms with Crippen LogP contribution >= 0.6 is 0 Å². The number of hydrogen-bond donors (Lipinski definition) is 0. The van der Waals surface area contributed by atoms with E-state index in [1.165, 1.54) is 5.56 Å². The van der Waals surface area contributed by atoms with Crippen LogP contribution in [-0.2, 0) is 14.2 Å². The molecule has 26 heavy (non-hydrogen) atoms. The lowest BCUT2D eigenvalue weighted by atomic mass is 10.0. The first kappa shape index (κ1) is 19.8. The van der Waals surface area contributed by atoms with Gasteiger partial charge in [-0.1, -0.05) is 13.8 Å². The maximum Gasteiger partial charge on any atom is 0.112 e. The van der Waals surface area contributed by atoms with Crippen molar-refractivity contribution in [2.75, 3.05) is 39.5 Å². The van der Waals surface area contributed by atoms with Crippen LogP contribution in [0.15, 0.2) is 12.4 Å². The summed E-state index contributed by atoms with van der Waals surface area (Å²) in [6.07, 6.45) is 7.41. The molecule has 1 aromatic rings. The van der Waals surface area contributed by atoms with Crippen LogP contribution in [0.1, 0.15) is 58.2 Å². The highest BCUT2D eigenvalue weighted by atomic mass is 16.6. The molecule has 2 fully saturated rings. The second-order valence-corrected chi connectivity index (χ2v) is 8.12. The monoisotopic (exact) mass is 365 g/mol. The summed E-state index contributed by atoms with van der Waals surface area (Å²) in [4.78, 5) is 2.49. The molecule has 0 saturated carbocycles. The molecule has 0 bridgehead atoms. The van der Waals surface area contributed by atoms with Crippen molar-refractivity contribution in [3.05, 3.63) is 18.0 Å². The molecule has 2 atom stereocenters. The van der Waals surface area contributed by atoms with Gasteiger partial charge < -0.3 is 19.1 Å². The summed E-state index contributed by atoms with van der Waals surface area (Å²) in [6.45, 7) is 13.9. The Bertz CT molecular complexity index is 538. The number of epoxide rings is 1. The molecule has 0 aliphatic carbocycles. The topological polar surface area (TPSA) is 52.1 Å². The summed E-state index contributed by atoms with van der Waals surface area (Å²) in [5.74, 6) is 0.575. The third-order valence-electron chi connectivity index (χ3n) is 5.29. The van der Waals surface area contributed by atoms with E-state index in [-0.39, 0.29) is 12.2 Å². The van der Waals surface area contributed by atoms with E-state index in [0.717, 1.165) is 39.1 Å². The van der Waals surface area contributed by atoms with Crippen LogP contribution in [0.25, 0.3) is 0 Å². The van der Waals surface area contributed by atoms with Gasteiger partial charge in [0.25, 0.3) is 0 Å². The first-order chi connectivity index (χ1) is 12.5. The molecule has 3 rings (SSSR count). The molecule has 6 heteroatoms. The van der Waals surface area contributed by atoms with Crippen LogP contribution in [0.3, 0.4) is 0 Å². The highest BCUT2D eigenvalue weighted by Gasteiger charge is 2.43. The van der Waals surface area contributed by atoms with Gasteiger partial charge in [-0.3, -0.25) is 4.68 Å². The van der Waals surface area contributed by atoms with Gasteiger partial charge in [0.05, 0.1) is 44.3 Å². The molecule has 2 aliphatic heterocycles. The number of aromatic nitrogens is 2. The molecule has 0 spiro atoms. The van der Waals surface area contributed by atoms with Crippen molar-refractivity contribution < 1.29 is 14.2 Å². The van der Waals surface area contributed by atoms with Gasteiger partial charge in [-0.15, -0.1) is 0 Å². The van der Waals surface area contributed by atoms with Gasteiger partial charge in [0.15, 0.2) is 0 Å². The zero-order valence-corrected chi connectivity index (χ0v) is 16.8. The fourth-order valence-corrected chi connectivity index (χ4v) is 3.64. The minimum absolute atomic E-state index is 0.265. The molecule has 148 valence electrons. The predicted molar refractivity (Wildman–Crippen MR) is 101 cm³/mol. The van der Waals surface area contributed by atoms with Crippen molar-refractivity contribution in [1.82, 2.24) is 14.7 Å². The van der Waals surface area contributed by atoms with Crippen LogP contribution in [-0.4, -0.2) is 66.3 Å². The van der Waals surface area contributed by atoms with Gasteiger partial charge in [-0.05, 0) is 32.6 Å². The van der Waals surface area contributed by atoms with Crippen molar-refractivity contribution in [2.24, 2.45) is 5.92 Å². The molecule has 2 unspecified atom stereocenters. The van der Waals surface area contributed by atoms with E-state index in [9.17, 15) is 0 Å². The van der Waals surface area contributed by atoms with Crippen molar-refractivity contribution in [3.8, 4) is 0 Å². The maximum absolute atomic E-state index is 5.78. The lowest BCUT2D eigenvalue weighted by Crippen LogP contribution is -2.37. The van der Waals surface area contributed by atoms with E-state index in [4.69, 9.17) is 14.2 Å². The molecular weight excluding hydrogens is 330 g/mol. The fraction of sp³-hybridized carbons (Fsp3) is 0.850. The highest BCUT2D eigenvalue weighted by Crippen LogP contribution is 2.43. The van der Waals surface area contributed by atoms with Gasteiger partial charge >= 0.3 is 0 Å². The van der Waals surface area contributed by atoms with Gasteiger partial charge in [0.1, 0.15) is 6.10 Å². The van der Waals surface area contributed by atoms with E-state index in [1.54, 1.807) is 0 Å². The van der Waals surface area contributed by atoms with Crippen LogP contribution < -0.4 is 0 Å². The molecule has 6 nitrogen and oxygen atoms in total. The standard InChI is InChI=1S/C20H35N3O3/c1-15(2)19-20(26-19)17-13-21-23(14-17)18-5-7-22(8-6-18)9-10-24-11-12-25-16(3)4/h13-16,18-20H,5-12H2,1-4H3. The Morgan fingerprint density at radius 2 is 1.92 bits per heavy atom. The number of piperidine rings is 1. The van der Waals surface area contributed by atoms with Gasteiger partial charge in [0.2, 0.25) is 0 Å². The van der Waals surface area contributed by atoms with E-state index in [1.807, 2.05) is 20.0 Å². The van der Waals surface area contributed by atoms with E-state index >= 15 is 0 Å². The van der Waals surface area contributed by atoms with Crippen molar-refractivity contribution in [1.29, 1.82) is 0 Å². The summed E-state index contributed by atoms with van der Waals surface area (Å²) in [5.41, 5.74) is 1.24. The third kappa shape index (κ3) is 5.52. The van der Waals surface area contributed by atoms with Crippen LogP contribution in [0.2, 0.25) is 0 Å². The Morgan fingerprint density at radius 1 is 1.15 bits per heavy atom. The highest BCUT2D eigenvalue weighted by molar-refractivity contribution is 5.16. The maximum atomic E-state index is 5.78. The van der Waals surface area contributed by atoms with Crippen molar-refractivity contribution >= 4 is 0 Å². The molecule has 0 radical (unpaired) electrons. The summed E-state index contributed by atoms with van der Waals surface area (Å²) in [7, 11) is 0. The number of hydrogen-bond acceptors (Lipinski definition) is 5. The lowest BCUT2D eigenvalue weighted by Gasteiger charge is -2.31. The summed E-state index contributed by atoms with van der Waals surface area (Å²) < 4.78 is 19.1. The van der Waals surface area contributed by atoms with Gasteiger partial charge in [0, 0.05) is 31.4 Å². The van der Waals surface area contributed by atoms with Crippen LogP contribution in [0.5, 0.6) is 0 Å². The number of rotatable bonds is 10. The van der Waals surface area contributed by atoms with E-state index < -0.39 is 0 Å². The fourth-order valence-electron chi connectivity index (χ4n) is 3.64. The summed E-state index contributed by atoms with van der Waals surface area (Å²) >= 11 is 0. The van der Waals surface area contributed by atoms with E-state index in [0.29, 0.717) is 31.3 Å². The largest absolute Gasteiger partial charge is 0.378 e. The average molecular weight is 366 g/mol. The zero-order valence-electron chi connectivity index (χ0n) is 16.8. The predicted octanol–water partition coefficient (Wildman–Crippen LogP) is 3.06.